The molecule has 0 atom stereocenters. The summed E-state index contributed by atoms with van der Waals surface area (Å²) in [6.45, 7) is 0. The highest BCUT2D eigenvalue weighted by molar-refractivity contribution is 5.89. The number of hydrogen-bond acceptors (Lipinski definition) is 3. The van der Waals surface area contributed by atoms with E-state index in [2.05, 4.69) is 4.98 Å². The van der Waals surface area contributed by atoms with Gasteiger partial charge in [-0.05, 0) is 24.3 Å². The summed E-state index contributed by atoms with van der Waals surface area (Å²) in [7, 11) is 0. The predicted octanol–water partition coefficient (Wildman–Crippen LogP) is 3.89. The predicted molar refractivity (Wildman–Crippen MR) is 72.6 cm³/mol. The van der Waals surface area contributed by atoms with E-state index < -0.39 is 11.6 Å². The fourth-order valence-electron chi connectivity index (χ4n) is 1.92. The van der Waals surface area contributed by atoms with Crippen molar-refractivity contribution >= 4 is 16.6 Å². The number of aromatic nitrogens is 1. The minimum atomic E-state index is -1.05. The molecule has 3 nitrogen and oxygen atoms in total. The van der Waals surface area contributed by atoms with Gasteiger partial charge >= 0.3 is 0 Å². The lowest BCUT2D eigenvalue weighted by Crippen LogP contribution is -1.97. The minimum Gasteiger partial charge on any atom is -0.451 e. The van der Waals surface area contributed by atoms with Crippen LogP contribution in [0.25, 0.3) is 10.9 Å². The number of para-hydroxylation sites is 1. The Kier molecular flexibility index (Phi) is 2.95. The molecule has 20 heavy (non-hydrogen) atoms. The molecule has 1 aromatic heterocycles. The average molecular weight is 272 g/mol. The summed E-state index contributed by atoms with van der Waals surface area (Å²) in [6, 6.07) is 10.9. The molecule has 0 amide bonds. The zero-order valence-corrected chi connectivity index (χ0v) is 10.3. The smallest absolute Gasteiger partial charge is 0.201 e. The van der Waals surface area contributed by atoms with Crippen molar-refractivity contribution in [2.45, 2.75) is 0 Å². The molecule has 2 aromatic carbocycles. The van der Waals surface area contributed by atoms with Crippen molar-refractivity contribution in [3.05, 3.63) is 60.3 Å². The first-order valence-corrected chi connectivity index (χ1v) is 5.92. The summed E-state index contributed by atoms with van der Waals surface area (Å²) in [5.41, 5.74) is 6.74. The Hall–Kier alpha value is -2.69. The van der Waals surface area contributed by atoms with Crippen molar-refractivity contribution < 1.29 is 13.5 Å². The Bertz CT molecular complexity index is 790. The fourth-order valence-corrected chi connectivity index (χ4v) is 1.92. The summed E-state index contributed by atoms with van der Waals surface area (Å²) in [6.07, 6.45) is 1.43. The van der Waals surface area contributed by atoms with E-state index in [1.54, 1.807) is 18.2 Å². The first-order valence-electron chi connectivity index (χ1n) is 5.92. The van der Waals surface area contributed by atoms with Crippen molar-refractivity contribution in [1.29, 1.82) is 0 Å². The molecule has 3 aromatic rings. The van der Waals surface area contributed by atoms with Gasteiger partial charge in [0, 0.05) is 5.39 Å². The van der Waals surface area contributed by atoms with Gasteiger partial charge in [0.25, 0.3) is 0 Å². The third-order valence-electron chi connectivity index (χ3n) is 2.88. The second kappa shape index (κ2) is 4.77. The van der Waals surface area contributed by atoms with Gasteiger partial charge in [-0.2, -0.15) is 4.39 Å². The van der Waals surface area contributed by atoms with Gasteiger partial charge < -0.3 is 10.5 Å². The number of fused-ring (bicyclic) bond motifs is 1. The van der Waals surface area contributed by atoms with Crippen molar-refractivity contribution in [3.63, 3.8) is 0 Å². The maximum Gasteiger partial charge on any atom is 0.201 e. The van der Waals surface area contributed by atoms with Crippen LogP contribution in [0, 0.1) is 11.6 Å². The van der Waals surface area contributed by atoms with Crippen molar-refractivity contribution in [3.8, 4) is 11.5 Å². The highest BCUT2D eigenvalue weighted by Crippen LogP contribution is 2.35. The van der Waals surface area contributed by atoms with Crippen LogP contribution < -0.4 is 10.5 Å². The van der Waals surface area contributed by atoms with Crippen LogP contribution in [0.2, 0.25) is 0 Å². The van der Waals surface area contributed by atoms with E-state index >= 15 is 0 Å². The lowest BCUT2D eigenvalue weighted by atomic mass is 10.2. The first kappa shape index (κ1) is 12.3. The number of halogens is 2. The molecule has 0 spiro atoms. The quantitative estimate of drug-likeness (QED) is 0.770. The van der Waals surface area contributed by atoms with Crippen LogP contribution in [0.3, 0.4) is 0 Å². The van der Waals surface area contributed by atoms with Crippen molar-refractivity contribution in [2.75, 3.05) is 5.73 Å². The minimum absolute atomic E-state index is 0.215. The Balaban J connectivity index is 2.15. The molecule has 3 rings (SSSR count). The molecular formula is C15H10F2N2O. The number of anilines is 1. The second-order valence-electron chi connectivity index (χ2n) is 4.21. The van der Waals surface area contributed by atoms with Crippen LogP contribution in [0.1, 0.15) is 0 Å². The van der Waals surface area contributed by atoms with Gasteiger partial charge in [-0.25, -0.2) is 4.39 Å². The van der Waals surface area contributed by atoms with Crippen LogP contribution in [-0.4, -0.2) is 4.98 Å². The highest BCUT2D eigenvalue weighted by Gasteiger charge is 2.13. The molecule has 0 saturated heterocycles. The van der Waals surface area contributed by atoms with Crippen LogP contribution in [0.4, 0.5) is 14.5 Å². The maximum atomic E-state index is 13.7. The highest BCUT2D eigenvalue weighted by atomic mass is 19.2. The van der Waals surface area contributed by atoms with Crippen LogP contribution >= 0.6 is 0 Å². The van der Waals surface area contributed by atoms with E-state index in [4.69, 9.17) is 10.5 Å². The third kappa shape index (κ3) is 2.03. The molecule has 0 aliphatic carbocycles. The number of benzene rings is 2. The molecule has 0 saturated carbocycles. The Morgan fingerprint density at radius 3 is 2.65 bits per heavy atom. The van der Waals surface area contributed by atoms with Crippen molar-refractivity contribution in [1.82, 2.24) is 4.98 Å². The number of nitrogens with zero attached hydrogens (tertiary/aromatic N) is 1. The number of rotatable bonds is 2. The lowest BCUT2D eigenvalue weighted by Gasteiger charge is -2.11. The Morgan fingerprint density at radius 2 is 1.80 bits per heavy atom. The molecular weight excluding hydrogens is 262 g/mol. The topological polar surface area (TPSA) is 48.1 Å². The number of hydrogen-bond donors (Lipinski definition) is 1. The van der Waals surface area contributed by atoms with E-state index in [1.807, 2.05) is 6.07 Å². The van der Waals surface area contributed by atoms with Crippen LogP contribution in [0.5, 0.6) is 11.5 Å². The molecule has 5 heteroatoms. The van der Waals surface area contributed by atoms with Crippen LogP contribution in [-0.2, 0) is 0 Å². The van der Waals surface area contributed by atoms with E-state index in [-0.39, 0.29) is 17.2 Å². The number of pyridine rings is 1. The van der Waals surface area contributed by atoms with Gasteiger partial charge in [-0.3, -0.25) is 4.98 Å². The van der Waals surface area contributed by atoms with Crippen molar-refractivity contribution in [2.24, 2.45) is 0 Å². The van der Waals surface area contributed by atoms with Gasteiger partial charge in [0.05, 0.1) is 17.4 Å². The summed E-state index contributed by atoms with van der Waals surface area (Å²) >= 11 is 0. The Morgan fingerprint density at radius 1 is 1.00 bits per heavy atom. The average Bonchev–Trinajstić information content (AvgIpc) is 2.46. The molecule has 0 aliphatic rings. The van der Waals surface area contributed by atoms with Gasteiger partial charge in [0.15, 0.2) is 17.3 Å². The third-order valence-corrected chi connectivity index (χ3v) is 2.88. The normalized spacial score (nSPS) is 10.7. The Labute approximate surface area is 113 Å². The van der Waals surface area contributed by atoms with E-state index in [9.17, 15) is 8.78 Å². The first-order chi connectivity index (χ1) is 9.66. The molecule has 0 radical (unpaired) electrons. The van der Waals surface area contributed by atoms with Gasteiger partial charge in [-0.1, -0.05) is 18.2 Å². The number of nitrogens with two attached hydrogens (primary N) is 1. The SMILES string of the molecule is Nc1cnc2ccccc2c1Oc1cccc(F)c1F. The maximum absolute atomic E-state index is 13.7. The van der Waals surface area contributed by atoms with E-state index in [0.717, 1.165) is 6.07 Å². The number of ether oxygens (including phenoxy) is 1. The standard InChI is InChI=1S/C15H10F2N2O/c16-10-5-3-7-13(14(10)17)20-15-9-4-1-2-6-12(9)19-8-11(15)18/h1-8H,18H2. The molecule has 100 valence electrons. The number of nitrogen functional groups attached to an aromatic ring is 1. The fraction of sp³-hybridized carbons (Fsp3) is 0. The van der Waals surface area contributed by atoms with Gasteiger partial charge in [0.2, 0.25) is 5.82 Å². The summed E-state index contributed by atoms with van der Waals surface area (Å²) in [5, 5.41) is 0.635. The van der Waals surface area contributed by atoms with Gasteiger partial charge in [-0.15, -0.1) is 0 Å². The molecule has 0 fully saturated rings. The molecule has 0 aliphatic heterocycles. The van der Waals surface area contributed by atoms with Crippen LogP contribution in [0.15, 0.2) is 48.7 Å². The van der Waals surface area contributed by atoms with E-state index in [1.165, 1.54) is 18.3 Å². The molecule has 0 unspecified atom stereocenters. The van der Waals surface area contributed by atoms with Gasteiger partial charge in [0.1, 0.15) is 0 Å². The summed E-state index contributed by atoms with van der Waals surface area (Å²) in [4.78, 5) is 4.15. The largest absolute Gasteiger partial charge is 0.451 e. The zero-order valence-electron chi connectivity index (χ0n) is 10.3. The molecule has 0 bridgehead atoms. The monoisotopic (exact) mass is 272 g/mol. The summed E-state index contributed by atoms with van der Waals surface area (Å²) < 4.78 is 32.3. The molecule has 1 heterocycles. The second-order valence-corrected chi connectivity index (χ2v) is 4.21. The summed E-state index contributed by atoms with van der Waals surface area (Å²) in [5.74, 6) is -1.97. The lowest BCUT2D eigenvalue weighted by molar-refractivity contribution is 0.420. The zero-order chi connectivity index (χ0) is 14.1. The molecule has 2 N–H and O–H groups in total. The van der Waals surface area contributed by atoms with E-state index in [0.29, 0.717) is 10.9 Å².